The maximum atomic E-state index is 11.8. The number of rotatable bonds is 5. The minimum atomic E-state index is -0.649. The molecule has 1 aliphatic rings. The van der Waals surface area contributed by atoms with E-state index in [0.29, 0.717) is 6.61 Å². The monoisotopic (exact) mass is 277 g/mol. The standard InChI is InChI=1S/C15H19NO4/c1-4-18-15(17)13-14(19-9-16-13)11-6-5-7-12(8-11)20-10(2)3/h5-10,13-14H,4H2,1-3H3. The first-order valence-corrected chi connectivity index (χ1v) is 6.72. The molecule has 0 aliphatic carbocycles. The Balaban J connectivity index is 2.16. The number of carbonyl (C=O) groups excluding carboxylic acids is 1. The fraction of sp³-hybridized carbons (Fsp3) is 0.467. The van der Waals surface area contributed by atoms with Gasteiger partial charge in [0.15, 0.2) is 18.5 Å². The number of benzene rings is 1. The van der Waals surface area contributed by atoms with Crippen LogP contribution in [0.15, 0.2) is 29.3 Å². The zero-order chi connectivity index (χ0) is 14.5. The summed E-state index contributed by atoms with van der Waals surface area (Å²) in [6.07, 6.45) is 0.944. The molecule has 2 atom stereocenters. The highest BCUT2D eigenvalue weighted by atomic mass is 16.5. The molecule has 0 N–H and O–H groups in total. The molecule has 2 rings (SSSR count). The van der Waals surface area contributed by atoms with Crippen molar-refractivity contribution in [3.05, 3.63) is 29.8 Å². The summed E-state index contributed by atoms with van der Waals surface area (Å²) < 4.78 is 16.1. The molecule has 5 nitrogen and oxygen atoms in total. The van der Waals surface area contributed by atoms with Gasteiger partial charge in [0.05, 0.1) is 12.7 Å². The van der Waals surface area contributed by atoms with E-state index in [1.54, 1.807) is 6.92 Å². The normalized spacial score (nSPS) is 20.8. The second-order valence-corrected chi connectivity index (χ2v) is 4.75. The lowest BCUT2D eigenvalue weighted by Crippen LogP contribution is -2.26. The fourth-order valence-corrected chi connectivity index (χ4v) is 2.03. The zero-order valence-corrected chi connectivity index (χ0v) is 11.9. The highest BCUT2D eigenvalue weighted by Gasteiger charge is 2.35. The lowest BCUT2D eigenvalue weighted by molar-refractivity contribution is -0.146. The lowest BCUT2D eigenvalue weighted by atomic mass is 10.0. The molecule has 1 heterocycles. The molecule has 0 amide bonds. The summed E-state index contributed by atoms with van der Waals surface area (Å²) in [6.45, 7) is 6.02. The van der Waals surface area contributed by atoms with Crippen LogP contribution in [0.3, 0.4) is 0 Å². The first-order valence-electron chi connectivity index (χ1n) is 6.72. The Morgan fingerprint density at radius 1 is 1.45 bits per heavy atom. The predicted octanol–water partition coefficient (Wildman–Crippen LogP) is 2.51. The largest absolute Gasteiger partial charge is 0.491 e. The molecular formula is C15H19NO4. The fourth-order valence-electron chi connectivity index (χ4n) is 2.03. The number of hydrogen-bond donors (Lipinski definition) is 0. The van der Waals surface area contributed by atoms with E-state index in [0.717, 1.165) is 11.3 Å². The van der Waals surface area contributed by atoms with E-state index in [9.17, 15) is 4.79 Å². The van der Waals surface area contributed by atoms with E-state index in [2.05, 4.69) is 4.99 Å². The minimum absolute atomic E-state index is 0.0897. The smallest absolute Gasteiger partial charge is 0.335 e. The van der Waals surface area contributed by atoms with E-state index in [-0.39, 0.29) is 12.1 Å². The number of esters is 1. The molecule has 20 heavy (non-hydrogen) atoms. The van der Waals surface area contributed by atoms with Crippen molar-refractivity contribution in [1.29, 1.82) is 0 Å². The molecule has 108 valence electrons. The third-order valence-electron chi connectivity index (χ3n) is 2.80. The van der Waals surface area contributed by atoms with Gasteiger partial charge in [0.1, 0.15) is 5.75 Å². The highest BCUT2D eigenvalue weighted by molar-refractivity contribution is 5.80. The number of nitrogens with zero attached hydrogens (tertiary/aromatic N) is 1. The Kier molecular flexibility index (Phi) is 4.61. The maximum Gasteiger partial charge on any atom is 0.335 e. The maximum absolute atomic E-state index is 11.8. The van der Waals surface area contributed by atoms with Crippen LogP contribution in [0.2, 0.25) is 0 Å². The molecule has 1 aromatic carbocycles. The predicted molar refractivity (Wildman–Crippen MR) is 74.9 cm³/mol. The Bertz CT molecular complexity index is 498. The molecule has 0 saturated carbocycles. The Hall–Kier alpha value is -2.04. The van der Waals surface area contributed by atoms with E-state index >= 15 is 0 Å². The molecule has 0 saturated heterocycles. The van der Waals surface area contributed by atoms with E-state index in [1.807, 2.05) is 38.1 Å². The first kappa shape index (κ1) is 14.4. The SMILES string of the molecule is CCOC(=O)C1N=COC1c1cccc(OC(C)C)c1. The Labute approximate surface area is 118 Å². The van der Waals surface area contributed by atoms with Crippen LogP contribution >= 0.6 is 0 Å². The van der Waals surface area contributed by atoms with Gasteiger partial charge in [-0.3, -0.25) is 0 Å². The molecule has 5 heteroatoms. The van der Waals surface area contributed by atoms with Gasteiger partial charge in [0.2, 0.25) is 0 Å². The molecule has 0 bridgehead atoms. The van der Waals surface area contributed by atoms with Gasteiger partial charge < -0.3 is 14.2 Å². The second-order valence-electron chi connectivity index (χ2n) is 4.75. The van der Waals surface area contributed by atoms with Crippen molar-refractivity contribution in [1.82, 2.24) is 0 Å². The van der Waals surface area contributed by atoms with Gasteiger partial charge in [-0.05, 0) is 38.5 Å². The summed E-state index contributed by atoms with van der Waals surface area (Å²) in [5.74, 6) is 0.372. The summed E-state index contributed by atoms with van der Waals surface area (Å²) in [6, 6.07) is 6.85. The number of aliphatic imine (C=N–C) groups is 1. The van der Waals surface area contributed by atoms with Gasteiger partial charge in [0, 0.05) is 0 Å². The zero-order valence-electron chi connectivity index (χ0n) is 11.9. The van der Waals surface area contributed by atoms with Crippen LogP contribution in [0.4, 0.5) is 0 Å². The van der Waals surface area contributed by atoms with Crippen molar-refractivity contribution in [2.75, 3.05) is 6.61 Å². The summed E-state index contributed by atoms with van der Waals surface area (Å²) in [4.78, 5) is 15.9. The summed E-state index contributed by atoms with van der Waals surface area (Å²) in [7, 11) is 0. The van der Waals surface area contributed by atoms with Gasteiger partial charge in [-0.25, -0.2) is 9.79 Å². The van der Waals surface area contributed by atoms with Gasteiger partial charge in [-0.15, -0.1) is 0 Å². The van der Waals surface area contributed by atoms with Crippen molar-refractivity contribution < 1.29 is 19.0 Å². The third-order valence-corrected chi connectivity index (χ3v) is 2.80. The molecule has 2 unspecified atom stereocenters. The van der Waals surface area contributed by atoms with Gasteiger partial charge in [0.25, 0.3) is 0 Å². The van der Waals surface area contributed by atoms with Crippen molar-refractivity contribution in [2.24, 2.45) is 4.99 Å². The molecule has 0 aromatic heterocycles. The molecule has 0 spiro atoms. The number of ether oxygens (including phenoxy) is 3. The van der Waals surface area contributed by atoms with Crippen LogP contribution in [-0.4, -0.2) is 31.1 Å². The van der Waals surface area contributed by atoms with E-state index < -0.39 is 12.1 Å². The van der Waals surface area contributed by atoms with Crippen LogP contribution in [0.1, 0.15) is 32.4 Å². The number of hydrogen-bond acceptors (Lipinski definition) is 5. The molecule has 1 aliphatic heterocycles. The van der Waals surface area contributed by atoms with E-state index in [4.69, 9.17) is 14.2 Å². The van der Waals surface area contributed by atoms with E-state index in [1.165, 1.54) is 6.40 Å². The van der Waals surface area contributed by atoms with Crippen LogP contribution in [0.25, 0.3) is 0 Å². The van der Waals surface area contributed by atoms with Gasteiger partial charge in [-0.2, -0.15) is 0 Å². The molecule has 0 radical (unpaired) electrons. The van der Waals surface area contributed by atoms with Gasteiger partial charge >= 0.3 is 5.97 Å². The summed E-state index contributed by atoms with van der Waals surface area (Å²) in [5, 5.41) is 0. The molecular weight excluding hydrogens is 258 g/mol. The highest BCUT2D eigenvalue weighted by Crippen LogP contribution is 2.30. The van der Waals surface area contributed by atoms with Crippen molar-refractivity contribution in [3.8, 4) is 5.75 Å². The van der Waals surface area contributed by atoms with Crippen LogP contribution in [0, 0.1) is 0 Å². The van der Waals surface area contributed by atoms with Crippen molar-refractivity contribution >= 4 is 12.4 Å². The quantitative estimate of drug-likeness (QED) is 0.776. The summed E-state index contributed by atoms with van der Waals surface area (Å²) in [5.41, 5.74) is 0.846. The van der Waals surface area contributed by atoms with Crippen molar-refractivity contribution in [2.45, 2.75) is 39.0 Å². The number of carbonyl (C=O) groups is 1. The average molecular weight is 277 g/mol. The van der Waals surface area contributed by atoms with Crippen LogP contribution in [0.5, 0.6) is 5.75 Å². The second kappa shape index (κ2) is 6.41. The summed E-state index contributed by atoms with van der Waals surface area (Å²) >= 11 is 0. The van der Waals surface area contributed by atoms with Gasteiger partial charge in [-0.1, -0.05) is 12.1 Å². The Morgan fingerprint density at radius 3 is 2.95 bits per heavy atom. The third kappa shape index (κ3) is 3.29. The first-order chi connectivity index (χ1) is 9.61. The molecule has 1 aromatic rings. The lowest BCUT2D eigenvalue weighted by Gasteiger charge is -2.17. The average Bonchev–Trinajstić information content (AvgIpc) is 2.87. The molecule has 0 fully saturated rings. The minimum Gasteiger partial charge on any atom is -0.491 e. The van der Waals surface area contributed by atoms with Crippen LogP contribution in [-0.2, 0) is 14.3 Å². The van der Waals surface area contributed by atoms with Crippen molar-refractivity contribution in [3.63, 3.8) is 0 Å². The van der Waals surface area contributed by atoms with Crippen LogP contribution < -0.4 is 4.74 Å². The Morgan fingerprint density at radius 2 is 2.25 bits per heavy atom. The topological polar surface area (TPSA) is 57.1 Å².